The molecule has 3 aromatic rings. The van der Waals surface area contributed by atoms with Crippen LogP contribution < -0.4 is 9.80 Å². The highest BCUT2D eigenvalue weighted by molar-refractivity contribution is 6.10. The van der Waals surface area contributed by atoms with Crippen LogP contribution in [0.3, 0.4) is 0 Å². The Hall–Kier alpha value is -4.31. The predicted molar refractivity (Wildman–Crippen MR) is 153 cm³/mol. The van der Waals surface area contributed by atoms with E-state index in [1.807, 2.05) is 12.1 Å². The molecule has 1 saturated carbocycles. The van der Waals surface area contributed by atoms with Crippen molar-refractivity contribution in [3.05, 3.63) is 102 Å². The van der Waals surface area contributed by atoms with Crippen LogP contribution in [0.2, 0.25) is 0 Å². The Kier molecular flexibility index (Phi) is 6.15. The van der Waals surface area contributed by atoms with Gasteiger partial charge in [0, 0.05) is 18.3 Å². The Bertz CT molecular complexity index is 1700. The number of nitrogens with zero attached hydrogens (tertiary/aromatic N) is 4. The molecule has 10 heteroatoms. The first-order valence-electron chi connectivity index (χ1n) is 14.4. The molecule has 4 atom stereocenters. The molecule has 3 fully saturated rings. The van der Waals surface area contributed by atoms with Crippen LogP contribution in [-0.2, 0) is 14.4 Å². The van der Waals surface area contributed by atoms with Crippen molar-refractivity contribution in [2.45, 2.75) is 62.6 Å². The first-order valence-corrected chi connectivity index (χ1v) is 14.4. The molecule has 0 spiro atoms. The Balaban J connectivity index is 1.40. The van der Waals surface area contributed by atoms with Crippen LogP contribution >= 0.6 is 0 Å². The van der Waals surface area contributed by atoms with Gasteiger partial charge in [0.25, 0.3) is 11.8 Å². The number of alkyl halides is 2. The molecule has 0 radical (unpaired) electrons. The summed E-state index contributed by atoms with van der Waals surface area (Å²) in [6.07, 6.45) is 0.900. The lowest BCUT2D eigenvalue weighted by atomic mass is 9.76. The minimum atomic E-state index is -2.87. The molecule has 2 bridgehead atoms. The van der Waals surface area contributed by atoms with Crippen molar-refractivity contribution in [1.82, 2.24) is 4.98 Å². The third-order valence-electron chi connectivity index (χ3n) is 9.66. The lowest BCUT2D eigenvalue weighted by Crippen LogP contribution is -2.73. The molecule has 5 heterocycles. The monoisotopic (exact) mass is 587 g/mol. The topological polar surface area (TPSA) is 70.6 Å². The molecule has 7 nitrogen and oxygen atoms in total. The van der Waals surface area contributed by atoms with Gasteiger partial charge in [0.1, 0.15) is 41.9 Å². The second-order valence-electron chi connectivity index (χ2n) is 12.0. The highest BCUT2D eigenvalue weighted by atomic mass is 19.3. The molecule has 2 aromatic carbocycles. The normalized spacial score (nSPS) is 27.7. The number of carbonyl (C=O) groups excluding carboxylic acids is 3. The highest BCUT2D eigenvalue weighted by Crippen LogP contribution is 2.59. The summed E-state index contributed by atoms with van der Waals surface area (Å²) in [4.78, 5) is 49.9. The molecule has 2 saturated heterocycles. The number of aromatic nitrogens is 1. The minimum absolute atomic E-state index is 0.0919. The van der Waals surface area contributed by atoms with E-state index < -0.39 is 54.5 Å². The number of hydrogen-bond donors (Lipinski definition) is 0. The number of hydrogen-bond acceptors (Lipinski definition) is 4. The van der Waals surface area contributed by atoms with Crippen LogP contribution in [0.5, 0.6) is 0 Å². The van der Waals surface area contributed by atoms with E-state index in [0.717, 1.165) is 5.56 Å². The molecule has 4 unspecified atom stereocenters. The zero-order valence-electron chi connectivity index (χ0n) is 23.6. The SMILES string of the molecule is C=C1C2C[N+]1(C1CC(F)(F)C1)C(=O)C(N(C(=O)C1CCC(=O)N1c1ncccc1C)c1cccc(F)c1)c1ccccc12. The van der Waals surface area contributed by atoms with Crippen LogP contribution in [0.25, 0.3) is 0 Å². The summed E-state index contributed by atoms with van der Waals surface area (Å²) in [6.45, 7) is 6.30. The smallest absolute Gasteiger partial charge is 0.290 e. The maximum absolute atomic E-state index is 14.9. The van der Waals surface area contributed by atoms with Gasteiger partial charge in [-0.2, -0.15) is 0 Å². The summed E-state index contributed by atoms with van der Waals surface area (Å²) in [7, 11) is 0. The van der Waals surface area contributed by atoms with E-state index in [1.165, 1.54) is 28.0 Å². The molecule has 4 aliphatic heterocycles. The summed E-state index contributed by atoms with van der Waals surface area (Å²) in [5.74, 6) is -4.69. The third kappa shape index (κ3) is 3.99. The van der Waals surface area contributed by atoms with Gasteiger partial charge in [0.2, 0.25) is 5.91 Å². The van der Waals surface area contributed by atoms with Gasteiger partial charge < -0.3 is 0 Å². The fraction of sp³-hybridized carbons (Fsp3) is 0.333. The van der Waals surface area contributed by atoms with Crippen molar-refractivity contribution in [2.75, 3.05) is 16.3 Å². The van der Waals surface area contributed by atoms with Gasteiger partial charge in [-0.05, 0) is 60.9 Å². The standard InChI is InChI=1S/C33H30F3N4O3/c1-19-7-6-14-37-30(19)39-27(12-13-28(39)41)31(42)38(22-9-5-8-21(34)15-22)29-25-11-4-3-10-24(25)26-18-40(20(26)2,32(29)43)23-16-33(35,36)17-23/h3-11,14-15,23,26-27,29H,2,12-13,16-18H2,1H3/q+1. The number of aryl methyl sites for hydroxylation is 1. The first-order chi connectivity index (χ1) is 20.5. The molecule has 1 aliphatic carbocycles. The molecule has 220 valence electrons. The fourth-order valence-electron chi connectivity index (χ4n) is 7.47. The zero-order valence-corrected chi connectivity index (χ0v) is 23.6. The summed E-state index contributed by atoms with van der Waals surface area (Å²) in [6, 6.07) is 13.2. The average molecular weight is 588 g/mol. The number of carbonyl (C=O) groups is 3. The van der Waals surface area contributed by atoms with Gasteiger partial charge in [-0.3, -0.25) is 19.4 Å². The maximum Gasteiger partial charge on any atom is 0.346 e. The number of fused-ring (bicyclic) bond motifs is 1. The number of anilines is 2. The van der Waals surface area contributed by atoms with Crippen LogP contribution in [0.15, 0.2) is 79.1 Å². The van der Waals surface area contributed by atoms with Gasteiger partial charge in [-0.25, -0.2) is 27.4 Å². The largest absolute Gasteiger partial charge is 0.346 e. The summed E-state index contributed by atoms with van der Waals surface area (Å²) >= 11 is 0. The number of amides is 3. The fourth-order valence-corrected chi connectivity index (χ4v) is 7.47. The molecule has 0 N–H and O–H groups in total. The molecule has 3 amide bonds. The van der Waals surface area contributed by atoms with E-state index in [-0.39, 0.29) is 41.4 Å². The summed E-state index contributed by atoms with van der Waals surface area (Å²) < 4.78 is 42.9. The van der Waals surface area contributed by atoms with Crippen LogP contribution in [0, 0.1) is 12.7 Å². The number of halogens is 3. The van der Waals surface area contributed by atoms with Crippen molar-refractivity contribution in [1.29, 1.82) is 0 Å². The first kappa shape index (κ1) is 27.5. The molecular formula is C33H30F3N4O3+. The minimum Gasteiger partial charge on any atom is -0.290 e. The third-order valence-corrected chi connectivity index (χ3v) is 9.66. The average Bonchev–Trinajstić information content (AvgIpc) is 3.27. The Morgan fingerprint density at radius 2 is 1.81 bits per heavy atom. The number of benzene rings is 2. The molecule has 1 aromatic heterocycles. The Morgan fingerprint density at radius 3 is 2.49 bits per heavy atom. The Morgan fingerprint density at radius 1 is 1.07 bits per heavy atom. The molecule has 8 rings (SSSR count). The lowest BCUT2D eigenvalue weighted by Gasteiger charge is -2.56. The van der Waals surface area contributed by atoms with Crippen molar-refractivity contribution in [3.63, 3.8) is 0 Å². The van der Waals surface area contributed by atoms with Crippen LogP contribution in [-0.4, -0.2) is 51.7 Å². The van der Waals surface area contributed by atoms with Gasteiger partial charge in [0.05, 0.1) is 12.8 Å². The second kappa shape index (κ2) is 9.60. The summed E-state index contributed by atoms with van der Waals surface area (Å²) in [5.41, 5.74) is 2.71. The quantitative estimate of drug-likeness (QED) is 0.367. The lowest BCUT2D eigenvalue weighted by molar-refractivity contribution is -0.889. The van der Waals surface area contributed by atoms with Crippen molar-refractivity contribution in [3.8, 4) is 0 Å². The number of pyridine rings is 1. The Labute approximate surface area is 246 Å². The molecular weight excluding hydrogens is 557 g/mol. The van der Waals surface area contributed by atoms with Gasteiger partial charge in [0.15, 0.2) is 6.04 Å². The van der Waals surface area contributed by atoms with Crippen LogP contribution in [0.4, 0.5) is 24.7 Å². The van der Waals surface area contributed by atoms with Crippen molar-refractivity contribution in [2.24, 2.45) is 0 Å². The summed E-state index contributed by atoms with van der Waals surface area (Å²) in [5, 5.41) is 0. The van der Waals surface area contributed by atoms with E-state index >= 15 is 0 Å². The predicted octanol–water partition coefficient (Wildman–Crippen LogP) is 5.56. The second-order valence-corrected chi connectivity index (χ2v) is 12.0. The van der Waals surface area contributed by atoms with Crippen molar-refractivity contribution < 1.29 is 32.0 Å². The highest BCUT2D eigenvalue weighted by Gasteiger charge is 2.70. The number of rotatable bonds is 5. The van der Waals surface area contributed by atoms with E-state index in [1.54, 1.807) is 43.5 Å². The van der Waals surface area contributed by atoms with E-state index in [2.05, 4.69) is 11.6 Å². The molecule has 5 aliphatic rings. The van der Waals surface area contributed by atoms with E-state index in [0.29, 0.717) is 22.6 Å². The molecule has 43 heavy (non-hydrogen) atoms. The van der Waals surface area contributed by atoms with E-state index in [9.17, 15) is 27.6 Å². The van der Waals surface area contributed by atoms with Gasteiger partial charge in [-0.1, -0.05) is 36.4 Å². The van der Waals surface area contributed by atoms with Gasteiger partial charge >= 0.3 is 5.91 Å². The van der Waals surface area contributed by atoms with Gasteiger partial charge in [-0.15, -0.1) is 0 Å². The van der Waals surface area contributed by atoms with Crippen molar-refractivity contribution >= 4 is 29.2 Å². The zero-order chi connectivity index (χ0) is 30.3. The van der Waals surface area contributed by atoms with E-state index in [4.69, 9.17) is 0 Å². The maximum atomic E-state index is 14.9. The van der Waals surface area contributed by atoms with Crippen LogP contribution in [0.1, 0.15) is 54.3 Å². The number of quaternary nitrogens is 1.